The summed E-state index contributed by atoms with van der Waals surface area (Å²) in [5.74, 6) is 0.648. The Balaban J connectivity index is 1.72. The molecule has 0 atom stereocenters. The van der Waals surface area contributed by atoms with Crippen LogP contribution in [0.15, 0.2) is 59.8 Å². The maximum absolute atomic E-state index is 12.1. The summed E-state index contributed by atoms with van der Waals surface area (Å²) >= 11 is 0. The molecule has 4 rings (SSSR count). The van der Waals surface area contributed by atoms with E-state index in [4.69, 9.17) is 5.41 Å². The van der Waals surface area contributed by atoms with Crippen molar-refractivity contribution in [1.29, 1.82) is 5.41 Å². The van der Waals surface area contributed by atoms with Crippen molar-refractivity contribution in [3.05, 3.63) is 70.9 Å². The summed E-state index contributed by atoms with van der Waals surface area (Å²) in [6, 6.07) is 12.3. The van der Waals surface area contributed by atoms with Crippen molar-refractivity contribution in [2.24, 2.45) is 0 Å². The molecule has 148 valence electrons. The van der Waals surface area contributed by atoms with Crippen molar-refractivity contribution in [3.8, 4) is 22.3 Å². The Morgan fingerprint density at radius 1 is 0.897 bits per heavy atom. The molecule has 1 N–H and O–H groups in total. The van der Waals surface area contributed by atoms with E-state index >= 15 is 0 Å². The van der Waals surface area contributed by atoms with E-state index in [9.17, 15) is 4.79 Å². The van der Waals surface area contributed by atoms with Crippen LogP contribution in [-0.2, 0) is 6.42 Å². The fourth-order valence-electron chi connectivity index (χ4n) is 3.98. The number of pyridine rings is 2. The van der Waals surface area contributed by atoms with Gasteiger partial charge in [0, 0.05) is 60.0 Å². The van der Waals surface area contributed by atoms with Gasteiger partial charge in [0.15, 0.2) is 0 Å². The first-order valence-corrected chi connectivity index (χ1v) is 10.0. The van der Waals surface area contributed by atoms with E-state index < -0.39 is 0 Å². The lowest BCUT2D eigenvalue weighted by molar-refractivity contribution is 0.579. The van der Waals surface area contributed by atoms with Crippen molar-refractivity contribution in [2.75, 3.05) is 4.90 Å². The van der Waals surface area contributed by atoms with Crippen LogP contribution >= 0.6 is 0 Å². The predicted molar refractivity (Wildman–Crippen MR) is 119 cm³/mol. The Hall–Kier alpha value is -3.21. The summed E-state index contributed by atoms with van der Waals surface area (Å²) in [5.41, 5.74) is 6.39. The molecule has 0 fully saturated rings. The van der Waals surface area contributed by atoms with Crippen LogP contribution in [-0.4, -0.2) is 21.4 Å². The Morgan fingerprint density at radius 3 is 2.28 bits per heavy atom. The topological polar surface area (TPSA) is 62.0 Å². The second-order valence-electron chi connectivity index (χ2n) is 8.15. The van der Waals surface area contributed by atoms with E-state index in [1.54, 1.807) is 10.6 Å². The third kappa shape index (κ3) is 3.48. The van der Waals surface area contributed by atoms with Gasteiger partial charge in [-0.25, -0.2) is 0 Å². The van der Waals surface area contributed by atoms with E-state index in [2.05, 4.69) is 48.0 Å². The molecular formula is C24H26N4O. The predicted octanol–water partition coefficient (Wildman–Crippen LogP) is 4.91. The molecule has 0 radical (unpaired) electrons. The molecule has 0 unspecified atom stereocenters. The van der Waals surface area contributed by atoms with Gasteiger partial charge >= 0.3 is 0 Å². The van der Waals surface area contributed by atoms with Gasteiger partial charge in [0.2, 0.25) is 0 Å². The molecule has 29 heavy (non-hydrogen) atoms. The van der Waals surface area contributed by atoms with Crippen molar-refractivity contribution in [1.82, 2.24) is 9.55 Å². The molecule has 2 aromatic heterocycles. The van der Waals surface area contributed by atoms with Gasteiger partial charge in [-0.05, 0) is 68.7 Å². The fraction of sp³-hybridized carbons (Fsp3) is 0.292. The number of nitrogens with zero attached hydrogens (tertiary/aromatic N) is 3. The molecular weight excluding hydrogens is 360 g/mol. The normalized spacial score (nSPS) is 13.4. The average Bonchev–Trinajstić information content (AvgIpc) is 3.03. The van der Waals surface area contributed by atoms with E-state index in [0.717, 1.165) is 27.9 Å². The number of aromatic nitrogens is 2. The first-order valence-electron chi connectivity index (χ1n) is 10.0. The monoisotopic (exact) mass is 386 g/mol. The second kappa shape index (κ2) is 7.32. The second-order valence-corrected chi connectivity index (χ2v) is 8.15. The molecule has 1 aromatic carbocycles. The zero-order valence-electron chi connectivity index (χ0n) is 17.3. The molecule has 3 heterocycles. The van der Waals surface area contributed by atoms with E-state index in [1.165, 1.54) is 5.56 Å². The van der Waals surface area contributed by atoms with Gasteiger partial charge in [0.05, 0.1) is 0 Å². The van der Waals surface area contributed by atoms with Crippen LogP contribution < -0.4 is 10.5 Å². The Morgan fingerprint density at radius 2 is 1.59 bits per heavy atom. The Kier molecular flexibility index (Phi) is 4.82. The molecule has 3 aromatic rings. The van der Waals surface area contributed by atoms with E-state index in [-0.39, 0.29) is 17.6 Å². The van der Waals surface area contributed by atoms with Crippen molar-refractivity contribution in [2.45, 2.75) is 46.2 Å². The number of benzene rings is 1. The molecule has 0 bridgehead atoms. The van der Waals surface area contributed by atoms with Crippen LogP contribution in [0.3, 0.4) is 0 Å². The minimum atomic E-state index is 0.00337. The SMILES string of the molecule is CC(C)N1C(=N)Cc2cc(-c3cncc(-c4ccc(=O)n(C(C)C)c4)c3)ccc21. The lowest BCUT2D eigenvalue weighted by Gasteiger charge is -2.24. The number of hydrogen-bond acceptors (Lipinski definition) is 3. The van der Waals surface area contributed by atoms with E-state index in [0.29, 0.717) is 12.3 Å². The lowest BCUT2D eigenvalue weighted by atomic mass is 10.00. The first kappa shape index (κ1) is 19.1. The van der Waals surface area contributed by atoms with Crippen LogP contribution in [0.5, 0.6) is 0 Å². The van der Waals surface area contributed by atoms with Gasteiger partial charge in [-0.1, -0.05) is 6.07 Å². The highest BCUT2D eigenvalue weighted by Gasteiger charge is 2.26. The summed E-state index contributed by atoms with van der Waals surface area (Å²) in [6.07, 6.45) is 6.26. The van der Waals surface area contributed by atoms with Crippen molar-refractivity contribution >= 4 is 11.5 Å². The molecule has 1 aliphatic heterocycles. The van der Waals surface area contributed by atoms with Gasteiger partial charge in [0.1, 0.15) is 5.84 Å². The van der Waals surface area contributed by atoms with Crippen LogP contribution in [0.25, 0.3) is 22.3 Å². The molecule has 1 aliphatic rings. The Bertz CT molecular complexity index is 1140. The minimum absolute atomic E-state index is 0.00337. The molecule has 0 aliphatic carbocycles. The zero-order valence-corrected chi connectivity index (χ0v) is 17.3. The summed E-state index contributed by atoms with van der Waals surface area (Å²) in [5, 5.41) is 8.30. The highest BCUT2D eigenvalue weighted by molar-refractivity contribution is 6.04. The van der Waals surface area contributed by atoms with Crippen LogP contribution in [0.2, 0.25) is 0 Å². The zero-order chi connectivity index (χ0) is 20.7. The van der Waals surface area contributed by atoms with Crippen molar-refractivity contribution in [3.63, 3.8) is 0 Å². The van der Waals surface area contributed by atoms with Gasteiger partial charge < -0.3 is 9.47 Å². The van der Waals surface area contributed by atoms with E-state index in [1.807, 2.05) is 38.5 Å². The summed E-state index contributed by atoms with van der Waals surface area (Å²) in [7, 11) is 0. The number of hydrogen-bond donors (Lipinski definition) is 1. The van der Waals surface area contributed by atoms with Crippen LogP contribution in [0, 0.1) is 5.41 Å². The maximum Gasteiger partial charge on any atom is 0.250 e. The number of anilines is 1. The molecule has 0 amide bonds. The molecule has 0 saturated carbocycles. The fourth-order valence-corrected chi connectivity index (χ4v) is 3.98. The lowest BCUT2D eigenvalue weighted by Crippen LogP contribution is -2.32. The highest BCUT2D eigenvalue weighted by atomic mass is 16.1. The Labute approximate surface area is 171 Å². The summed E-state index contributed by atoms with van der Waals surface area (Å²) < 4.78 is 1.74. The average molecular weight is 386 g/mol. The van der Waals surface area contributed by atoms with Crippen LogP contribution in [0.4, 0.5) is 5.69 Å². The smallest absolute Gasteiger partial charge is 0.250 e. The molecule has 5 nitrogen and oxygen atoms in total. The van der Waals surface area contributed by atoms with Crippen molar-refractivity contribution < 1.29 is 0 Å². The molecule has 0 spiro atoms. The van der Waals surface area contributed by atoms with Gasteiger partial charge in [0.25, 0.3) is 5.56 Å². The number of rotatable bonds is 4. The standard InChI is InChI=1S/C24H26N4O/c1-15(2)27-14-18(6-8-24(27)29)21-10-20(12-26-13-21)17-5-7-22-19(9-17)11-23(25)28(22)16(3)4/h5-10,12-16,25H,11H2,1-4H3. The number of fused-ring (bicyclic) bond motifs is 1. The largest absolute Gasteiger partial charge is 0.327 e. The van der Waals surface area contributed by atoms with Gasteiger partial charge in [-0.2, -0.15) is 0 Å². The third-order valence-corrected chi connectivity index (χ3v) is 5.40. The summed E-state index contributed by atoms with van der Waals surface area (Å²) in [4.78, 5) is 18.6. The third-order valence-electron chi connectivity index (χ3n) is 5.40. The highest BCUT2D eigenvalue weighted by Crippen LogP contribution is 2.35. The minimum Gasteiger partial charge on any atom is -0.327 e. The number of nitrogens with one attached hydrogen (secondary N) is 1. The van der Waals surface area contributed by atoms with Crippen LogP contribution in [0.1, 0.15) is 39.3 Å². The molecule has 5 heteroatoms. The summed E-state index contributed by atoms with van der Waals surface area (Å²) in [6.45, 7) is 8.23. The van der Waals surface area contributed by atoms with Gasteiger partial charge in [-0.3, -0.25) is 15.2 Å². The number of amidine groups is 1. The maximum atomic E-state index is 12.1. The van der Waals surface area contributed by atoms with Gasteiger partial charge in [-0.15, -0.1) is 0 Å². The first-order chi connectivity index (χ1) is 13.8. The molecule has 0 saturated heterocycles. The quantitative estimate of drug-likeness (QED) is 0.693.